The van der Waals surface area contributed by atoms with Gasteiger partial charge in [0.1, 0.15) is 11.4 Å². The molecule has 1 amide bonds. The molecule has 0 spiro atoms. The zero-order valence-corrected chi connectivity index (χ0v) is 22.1. The van der Waals surface area contributed by atoms with Crippen LogP contribution in [0.25, 0.3) is 0 Å². The van der Waals surface area contributed by atoms with Crippen molar-refractivity contribution in [2.45, 2.75) is 44.7 Å². The van der Waals surface area contributed by atoms with Crippen LogP contribution in [-0.2, 0) is 35.9 Å². The third kappa shape index (κ3) is 7.80. The number of aliphatic hydroxyl groups excluding tert-OH is 1. The molecule has 11 heteroatoms. The van der Waals surface area contributed by atoms with Gasteiger partial charge in [-0.3, -0.25) is 4.79 Å². The monoisotopic (exact) mass is 545 g/mol. The smallest absolute Gasteiger partial charge is 0.266 e. The number of nitrogens with zero attached hydrogens (tertiary/aromatic N) is 1. The van der Waals surface area contributed by atoms with Gasteiger partial charge in [-0.2, -0.15) is 8.42 Å². The normalized spacial score (nSPS) is 19.6. The molecule has 0 radical (unpaired) electrons. The summed E-state index contributed by atoms with van der Waals surface area (Å²) in [5.74, 6) is 0.524. The highest BCUT2D eigenvalue weighted by atomic mass is 35.5. The van der Waals surface area contributed by atoms with Crippen molar-refractivity contribution in [2.75, 3.05) is 26.0 Å². The summed E-state index contributed by atoms with van der Waals surface area (Å²) in [4.78, 5) is 14.9. The summed E-state index contributed by atoms with van der Waals surface area (Å²) in [6.45, 7) is 4.39. The quantitative estimate of drug-likeness (QED) is 0.378. The van der Waals surface area contributed by atoms with Crippen LogP contribution in [-0.4, -0.2) is 62.7 Å². The second-order valence-electron chi connectivity index (χ2n) is 8.74. The van der Waals surface area contributed by atoms with E-state index >= 15 is 0 Å². The third-order valence-electron chi connectivity index (χ3n) is 5.40. The maximum absolute atomic E-state index is 13.2. The Hall–Kier alpha value is -1.88. The Balaban J connectivity index is 1.85. The lowest BCUT2D eigenvalue weighted by Gasteiger charge is -2.44. The number of carbonyl (C=O) groups excluding carboxylic acids is 1. The Morgan fingerprint density at radius 3 is 2.60 bits per heavy atom. The van der Waals surface area contributed by atoms with E-state index in [1.807, 2.05) is 38.1 Å². The predicted molar refractivity (Wildman–Crippen MR) is 133 cm³/mol. The molecule has 1 saturated heterocycles. The molecule has 0 bridgehead atoms. The van der Waals surface area contributed by atoms with Crippen molar-refractivity contribution >= 4 is 39.2 Å². The minimum absolute atomic E-state index is 0.00703. The van der Waals surface area contributed by atoms with Gasteiger partial charge >= 0.3 is 0 Å². The van der Waals surface area contributed by atoms with Crippen LogP contribution < -0.4 is 4.74 Å². The maximum atomic E-state index is 13.2. The average molecular weight is 546 g/mol. The summed E-state index contributed by atoms with van der Waals surface area (Å²) in [5.41, 5.74) is 0.0579. The topological polar surface area (TPSA) is 102 Å². The molecule has 3 rings (SSSR count). The van der Waals surface area contributed by atoms with Crippen LogP contribution in [0, 0.1) is 0 Å². The Morgan fingerprint density at radius 2 is 1.94 bits per heavy atom. The number of hydrogen-bond donors (Lipinski definition) is 1. The van der Waals surface area contributed by atoms with Gasteiger partial charge < -0.3 is 19.5 Å². The van der Waals surface area contributed by atoms with Gasteiger partial charge in [0.15, 0.2) is 6.29 Å². The average Bonchev–Trinajstić information content (AvgIpc) is 2.74. The fourth-order valence-electron chi connectivity index (χ4n) is 4.00. The van der Waals surface area contributed by atoms with Crippen molar-refractivity contribution in [3.05, 3.63) is 63.6 Å². The van der Waals surface area contributed by atoms with E-state index in [-0.39, 0.29) is 43.0 Å². The van der Waals surface area contributed by atoms with E-state index in [4.69, 9.17) is 36.9 Å². The largest absolute Gasteiger partial charge is 0.491 e. The number of carbonyl (C=O) groups is 1. The minimum atomic E-state index is -3.93. The molecular formula is C24H29Cl2NO7S. The molecule has 1 aliphatic heterocycles. The third-order valence-corrected chi connectivity index (χ3v) is 6.71. The first-order valence-corrected chi connectivity index (χ1v) is 13.6. The van der Waals surface area contributed by atoms with Crippen LogP contribution in [0.4, 0.5) is 0 Å². The van der Waals surface area contributed by atoms with Gasteiger partial charge in [-0.25, -0.2) is 4.18 Å². The molecular weight excluding hydrogens is 517 g/mol. The van der Waals surface area contributed by atoms with E-state index in [1.54, 1.807) is 23.1 Å². The Kier molecular flexibility index (Phi) is 9.06. The summed E-state index contributed by atoms with van der Waals surface area (Å²) in [6, 6.07) is 12.2. The summed E-state index contributed by atoms with van der Waals surface area (Å²) in [6.07, 6.45) is -0.960. The highest BCUT2D eigenvalue weighted by Gasteiger charge is 2.42. The van der Waals surface area contributed by atoms with Gasteiger partial charge in [0.05, 0.1) is 42.0 Å². The van der Waals surface area contributed by atoms with Gasteiger partial charge in [0.2, 0.25) is 5.91 Å². The molecule has 2 aromatic carbocycles. The van der Waals surface area contributed by atoms with E-state index in [0.717, 1.165) is 11.8 Å². The second kappa shape index (κ2) is 11.5. The zero-order chi connectivity index (χ0) is 25.8. The van der Waals surface area contributed by atoms with Gasteiger partial charge in [-0.05, 0) is 49.2 Å². The predicted octanol–water partition coefficient (Wildman–Crippen LogP) is 3.76. The molecule has 1 N–H and O–H groups in total. The number of amides is 1. The van der Waals surface area contributed by atoms with Crippen molar-refractivity contribution < 1.29 is 32.0 Å². The molecule has 0 saturated carbocycles. The SMILES string of the molecule is CC(C)Oc1cccc(CC(=O)N2CCO[C@](CC(O)OS(C)(=O)=O)(c3ccc(Cl)c(Cl)c3)C2)c1. The number of hydrogen-bond acceptors (Lipinski definition) is 7. The fraction of sp³-hybridized carbons (Fsp3) is 0.458. The number of rotatable bonds is 9. The summed E-state index contributed by atoms with van der Waals surface area (Å²) >= 11 is 12.3. The lowest BCUT2D eigenvalue weighted by molar-refractivity contribution is -0.170. The van der Waals surface area contributed by atoms with Gasteiger partial charge in [0, 0.05) is 13.0 Å². The standard InChI is InChI=1S/C24H29Cl2NO7S/c1-16(2)33-19-6-4-5-17(11-19)12-22(28)27-9-10-32-24(15-27,14-23(29)34-35(3,30)31)18-7-8-20(25)21(26)13-18/h4-8,11,13,16,23,29H,9-10,12,14-15H2,1-3H3/t23?,24-/m0/s1. The number of morpholine rings is 1. The Morgan fingerprint density at radius 1 is 1.20 bits per heavy atom. The van der Waals surface area contributed by atoms with Crippen LogP contribution in [0.3, 0.4) is 0 Å². The Bertz CT molecular complexity index is 1160. The maximum Gasteiger partial charge on any atom is 0.266 e. The molecule has 0 aliphatic carbocycles. The summed E-state index contributed by atoms with van der Waals surface area (Å²) < 4.78 is 39.7. The van der Waals surface area contributed by atoms with Gasteiger partial charge in [0.25, 0.3) is 10.1 Å². The van der Waals surface area contributed by atoms with Crippen LogP contribution in [0.5, 0.6) is 5.75 Å². The molecule has 35 heavy (non-hydrogen) atoms. The van der Waals surface area contributed by atoms with Crippen LogP contribution >= 0.6 is 23.2 Å². The molecule has 1 unspecified atom stereocenters. The fourth-order valence-corrected chi connectivity index (χ4v) is 4.77. The molecule has 2 aromatic rings. The highest BCUT2D eigenvalue weighted by Crippen LogP contribution is 2.38. The molecule has 0 aromatic heterocycles. The van der Waals surface area contributed by atoms with Crippen LogP contribution in [0.15, 0.2) is 42.5 Å². The van der Waals surface area contributed by atoms with Crippen LogP contribution in [0.1, 0.15) is 31.4 Å². The van der Waals surface area contributed by atoms with E-state index in [0.29, 0.717) is 22.9 Å². The first-order chi connectivity index (χ1) is 16.4. The minimum Gasteiger partial charge on any atom is -0.491 e. The molecule has 1 fully saturated rings. The van der Waals surface area contributed by atoms with E-state index < -0.39 is 22.0 Å². The zero-order valence-electron chi connectivity index (χ0n) is 19.7. The molecule has 2 atom stereocenters. The summed E-state index contributed by atoms with van der Waals surface area (Å²) in [7, 11) is -3.93. The molecule has 1 aliphatic rings. The Labute approximate surface area is 215 Å². The van der Waals surface area contributed by atoms with Crippen LogP contribution in [0.2, 0.25) is 10.0 Å². The second-order valence-corrected chi connectivity index (χ2v) is 11.2. The molecule has 192 valence electrons. The number of aliphatic hydroxyl groups is 1. The van der Waals surface area contributed by atoms with Crippen molar-refractivity contribution in [2.24, 2.45) is 0 Å². The first kappa shape index (κ1) is 27.7. The number of benzene rings is 2. The van der Waals surface area contributed by atoms with Gasteiger partial charge in [-0.1, -0.05) is 41.4 Å². The highest BCUT2D eigenvalue weighted by molar-refractivity contribution is 7.86. The van der Waals surface area contributed by atoms with Crippen molar-refractivity contribution in [1.82, 2.24) is 4.90 Å². The lowest BCUT2D eigenvalue weighted by atomic mass is 9.87. The van der Waals surface area contributed by atoms with E-state index in [9.17, 15) is 18.3 Å². The molecule has 1 heterocycles. The lowest BCUT2D eigenvalue weighted by Crippen LogP contribution is -2.53. The van der Waals surface area contributed by atoms with Crippen molar-refractivity contribution in [1.29, 1.82) is 0 Å². The van der Waals surface area contributed by atoms with Gasteiger partial charge in [-0.15, -0.1) is 0 Å². The molecule has 8 nitrogen and oxygen atoms in total. The first-order valence-electron chi connectivity index (χ1n) is 11.1. The van der Waals surface area contributed by atoms with E-state index in [1.165, 1.54) is 0 Å². The number of ether oxygens (including phenoxy) is 2. The van der Waals surface area contributed by atoms with Crippen molar-refractivity contribution in [3.8, 4) is 5.75 Å². The summed E-state index contributed by atoms with van der Waals surface area (Å²) in [5, 5.41) is 11.0. The van der Waals surface area contributed by atoms with Crippen molar-refractivity contribution in [3.63, 3.8) is 0 Å². The van der Waals surface area contributed by atoms with E-state index in [2.05, 4.69) is 0 Å². The number of halogens is 2.